The van der Waals surface area contributed by atoms with Gasteiger partial charge in [0.1, 0.15) is 5.75 Å². The molecule has 1 aromatic carbocycles. The fourth-order valence-electron chi connectivity index (χ4n) is 2.80. The summed E-state index contributed by atoms with van der Waals surface area (Å²) in [7, 11) is 0. The Morgan fingerprint density at radius 3 is 2.47 bits per heavy atom. The molecule has 94 valence electrons. The van der Waals surface area contributed by atoms with Crippen LogP contribution in [0.5, 0.6) is 5.75 Å². The fourth-order valence-corrected chi connectivity index (χ4v) is 2.80. The average Bonchev–Trinajstić information content (AvgIpc) is 2.80. The molecule has 1 saturated carbocycles. The van der Waals surface area contributed by atoms with E-state index >= 15 is 0 Å². The molecule has 2 rings (SSSR count). The van der Waals surface area contributed by atoms with Crippen LogP contribution in [-0.2, 0) is 0 Å². The van der Waals surface area contributed by atoms with Crippen molar-refractivity contribution in [1.29, 1.82) is 0 Å². The number of aliphatic hydroxyl groups excluding tert-OH is 1. The van der Waals surface area contributed by atoms with Gasteiger partial charge in [-0.3, -0.25) is 0 Å². The van der Waals surface area contributed by atoms with Gasteiger partial charge in [-0.25, -0.2) is 0 Å². The van der Waals surface area contributed by atoms with Crippen LogP contribution in [0.3, 0.4) is 0 Å². The largest absolute Gasteiger partial charge is 0.491 e. The predicted molar refractivity (Wildman–Crippen MR) is 69.3 cm³/mol. The number of benzene rings is 1. The van der Waals surface area contributed by atoms with E-state index in [0.29, 0.717) is 11.8 Å². The lowest BCUT2D eigenvalue weighted by molar-refractivity contribution is 0.238. The molecule has 2 unspecified atom stereocenters. The molecule has 0 amide bonds. The van der Waals surface area contributed by atoms with Crippen molar-refractivity contribution in [3.8, 4) is 5.75 Å². The maximum Gasteiger partial charge on any atom is 0.123 e. The van der Waals surface area contributed by atoms with Crippen LogP contribution < -0.4 is 4.74 Å². The summed E-state index contributed by atoms with van der Waals surface area (Å²) < 4.78 is 5.85. The third-order valence-corrected chi connectivity index (χ3v) is 3.86. The predicted octanol–water partition coefficient (Wildman–Crippen LogP) is 3.21. The van der Waals surface area contributed by atoms with E-state index in [1.165, 1.54) is 5.56 Å². The maximum absolute atomic E-state index is 9.41. The van der Waals surface area contributed by atoms with Crippen molar-refractivity contribution in [1.82, 2.24) is 0 Å². The first kappa shape index (κ1) is 12.4. The highest BCUT2D eigenvalue weighted by Gasteiger charge is 2.58. The zero-order valence-electron chi connectivity index (χ0n) is 11.1. The van der Waals surface area contributed by atoms with E-state index in [2.05, 4.69) is 19.9 Å². The zero-order chi connectivity index (χ0) is 12.6. The second kappa shape index (κ2) is 4.34. The number of hydrogen-bond acceptors (Lipinski definition) is 2. The average molecular weight is 234 g/mol. The Kier molecular flexibility index (Phi) is 3.17. The van der Waals surface area contributed by atoms with Crippen molar-refractivity contribution >= 4 is 0 Å². The lowest BCUT2D eigenvalue weighted by Crippen LogP contribution is -2.07. The van der Waals surface area contributed by atoms with E-state index in [4.69, 9.17) is 4.74 Å². The summed E-state index contributed by atoms with van der Waals surface area (Å²) >= 11 is 0. The molecule has 0 bridgehead atoms. The van der Waals surface area contributed by atoms with Crippen molar-refractivity contribution in [2.45, 2.75) is 39.7 Å². The maximum atomic E-state index is 9.41. The SMILES string of the molecule is CC(C)Oc1ccccc1C1C(CO)C1(C)C. The Balaban J connectivity index is 2.28. The first-order valence-corrected chi connectivity index (χ1v) is 6.35. The van der Waals surface area contributed by atoms with E-state index in [1.807, 2.05) is 32.0 Å². The minimum absolute atomic E-state index is 0.186. The molecule has 1 N–H and O–H groups in total. The van der Waals surface area contributed by atoms with Crippen molar-refractivity contribution < 1.29 is 9.84 Å². The molecular weight excluding hydrogens is 212 g/mol. The summed E-state index contributed by atoms with van der Waals surface area (Å²) in [6.45, 7) is 8.76. The van der Waals surface area contributed by atoms with Gasteiger partial charge in [0.2, 0.25) is 0 Å². The van der Waals surface area contributed by atoms with Gasteiger partial charge in [0.15, 0.2) is 0 Å². The number of aliphatic hydroxyl groups is 1. The van der Waals surface area contributed by atoms with Crippen molar-refractivity contribution in [2.24, 2.45) is 11.3 Å². The number of rotatable bonds is 4. The fraction of sp³-hybridized carbons (Fsp3) is 0.600. The van der Waals surface area contributed by atoms with Crippen molar-refractivity contribution in [3.63, 3.8) is 0 Å². The molecule has 2 heteroatoms. The Morgan fingerprint density at radius 2 is 1.94 bits per heavy atom. The van der Waals surface area contributed by atoms with Gasteiger partial charge in [0, 0.05) is 6.61 Å². The topological polar surface area (TPSA) is 29.5 Å². The number of hydrogen-bond donors (Lipinski definition) is 1. The van der Waals surface area contributed by atoms with E-state index < -0.39 is 0 Å². The van der Waals surface area contributed by atoms with E-state index in [1.54, 1.807) is 0 Å². The van der Waals surface area contributed by atoms with Gasteiger partial charge in [-0.05, 0) is 42.7 Å². The summed E-state index contributed by atoms with van der Waals surface area (Å²) in [5.41, 5.74) is 1.43. The molecule has 0 heterocycles. The summed E-state index contributed by atoms with van der Waals surface area (Å²) in [6, 6.07) is 8.20. The smallest absolute Gasteiger partial charge is 0.123 e. The third kappa shape index (κ3) is 2.19. The summed E-state index contributed by atoms with van der Waals surface area (Å²) in [6.07, 6.45) is 0.186. The van der Waals surface area contributed by atoms with E-state index in [-0.39, 0.29) is 18.1 Å². The second-order valence-corrected chi connectivity index (χ2v) is 5.79. The van der Waals surface area contributed by atoms with Gasteiger partial charge in [0.05, 0.1) is 6.10 Å². The first-order valence-electron chi connectivity index (χ1n) is 6.35. The van der Waals surface area contributed by atoms with E-state index in [9.17, 15) is 5.11 Å². The molecule has 2 nitrogen and oxygen atoms in total. The summed E-state index contributed by atoms with van der Waals surface area (Å²) in [5.74, 6) is 1.75. The monoisotopic (exact) mass is 234 g/mol. The lowest BCUT2D eigenvalue weighted by Gasteiger charge is -2.15. The van der Waals surface area contributed by atoms with Crippen LogP contribution in [0.4, 0.5) is 0 Å². The van der Waals surface area contributed by atoms with Gasteiger partial charge in [0.25, 0.3) is 0 Å². The molecule has 1 fully saturated rings. The first-order chi connectivity index (χ1) is 7.98. The van der Waals surface area contributed by atoms with Gasteiger partial charge in [-0.15, -0.1) is 0 Å². The molecule has 0 radical (unpaired) electrons. The van der Waals surface area contributed by atoms with Crippen LogP contribution in [0.2, 0.25) is 0 Å². The molecule has 2 atom stereocenters. The van der Waals surface area contributed by atoms with Gasteiger partial charge < -0.3 is 9.84 Å². The molecule has 1 aromatic rings. The number of para-hydroxylation sites is 1. The highest BCUT2D eigenvalue weighted by molar-refractivity contribution is 5.42. The molecule has 0 aromatic heterocycles. The lowest BCUT2D eigenvalue weighted by atomic mass is 10.0. The Bertz CT molecular complexity index is 396. The highest BCUT2D eigenvalue weighted by atomic mass is 16.5. The standard InChI is InChI=1S/C15H22O2/c1-10(2)17-13-8-6-5-7-11(13)14-12(9-16)15(14,3)4/h5-8,10,12,14,16H,9H2,1-4H3. The minimum Gasteiger partial charge on any atom is -0.491 e. The molecule has 0 aliphatic heterocycles. The molecular formula is C15H22O2. The van der Waals surface area contributed by atoms with Crippen LogP contribution in [-0.4, -0.2) is 17.8 Å². The quantitative estimate of drug-likeness (QED) is 0.867. The Morgan fingerprint density at radius 1 is 1.29 bits per heavy atom. The second-order valence-electron chi connectivity index (χ2n) is 5.79. The Hall–Kier alpha value is -1.02. The van der Waals surface area contributed by atoms with Gasteiger partial charge in [-0.1, -0.05) is 32.0 Å². The van der Waals surface area contributed by atoms with Crippen LogP contribution in [0.15, 0.2) is 24.3 Å². The minimum atomic E-state index is 0.186. The van der Waals surface area contributed by atoms with E-state index in [0.717, 1.165) is 5.75 Å². The van der Waals surface area contributed by atoms with Crippen molar-refractivity contribution in [2.75, 3.05) is 6.61 Å². The van der Waals surface area contributed by atoms with Crippen molar-refractivity contribution in [3.05, 3.63) is 29.8 Å². The molecule has 1 aliphatic carbocycles. The molecule has 0 spiro atoms. The Labute approximate surface area is 104 Å². The van der Waals surface area contributed by atoms with Crippen LogP contribution in [0.1, 0.15) is 39.2 Å². The molecule has 1 aliphatic rings. The number of ether oxygens (including phenoxy) is 1. The van der Waals surface area contributed by atoms with Crippen LogP contribution >= 0.6 is 0 Å². The van der Waals surface area contributed by atoms with Crippen LogP contribution in [0, 0.1) is 11.3 Å². The summed E-state index contributed by atoms with van der Waals surface area (Å²) in [5, 5.41) is 9.41. The zero-order valence-corrected chi connectivity index (χ0v) is 11.1. The highest BCUT2D eigenvalue weighted by Crippen LogP contribution is 2.65. The summed E-state index contributed by atoms with van der Waals surface area (Å²) in [4.78, 5) is 0. The van der Waals surface area contributed by atoms with Crippen LogP contribution in [0.25, 0.3) is 0 Å². The molecule has 0 saturated heterocycles. The normalized spacial score (nSPS) is 26.0. The molecule has 17 heavy (non-hydrogen) atoms. The van der Waals surface area contributed by atoms with Gasteiger partial charge in [-0.2, -0.15) is 0 Å². The van der Waals surface area contributed by atoms with Gasteiger partial charge >= 0.3 is 0 Å². The third-order valence-electron chi connectivity index (χ3n) is 3.86.